The van der Waals surface area contributed by atoms with E-state index in [0.29, 0.717) is 11.7 Å². The summed E-state index contributed by atoms with van der Waals surface area (Å²) in [4.78, 5) is 0. The molecule has 0 amide bonds. The Morgan fingerprint density at radius 1 is 0.897 bits per heavy atom. The molecule has 0 saturated heterocycles. The maximum atomic E-state index is 12.4. The van der Waals surface area contributed by atoms with Gasteiger partial charge in [-0.2, -0.15) is 0 Å². The van der Waals surface area contributed by atoms with Gasteiger partial charge in [-0.3, -0.25) is 0 Å². The molecule has 0 bridgehead atoms. The molecule has 1 aliphatic rings. The van der Waals surface area contributed by atoms with Crippen molar-refractivity contribution in [2.45, 2.75) is 97.2 Å². The summed E-state index contributed by atoms with van der Waals surface area (Å²) >= 11 is 0. The summed E-state index contributed by atoms with van der Waals surface area (Å²) in [6, 6.07) is 6.62. The summed E-state index contributed by atoms with van der Waals surface area (Å²) in [5.74, 6) is 2.51. The first-order chi connectivity index (χ1) is 13.6. The topological polar surface area (TPSA) is 43.4 Å². The van der Waals surface area contributed by atoms with Crippen LogP contribution < -0.4 is 4.74 Å². The summed E-state index contributed by atoms with van der Waals surface area (Å²) in [7, 11) is -2.99. The van der Waals surface area contributed by atoms with Gasteiger partial charge < -0.3 is 4.74 Å². The van der Waals surface area contributed by atoms with Crippen molar-refractivity contribution in [3.05, 3.63) is 29.3 Å². The molecule has 4 heteroatoms. The molecule has 0 unspecified atom stereocenters. The molecule has 0 heterocycles. The molecule has 29 heavy (non-hydrogen) atoms. The normalized spacial score (nSPS) is 20.6. The van der Waals surface area contributed by atoms with Crippen LogP contribution in [0.25, 0.3) is 0 Å². The van der Waals surface area contributed by atoms with Crippen LogP contribution in [0.15, 0.2) is 18.2 Å². The maximum absolute atomic E-state index is 12.4. The Labute approximate surface area is 179 Å². The lowest BCUT2D eigenvalue weighted by Crippen LogP contribution is -2.34. The molecular weight excluding hydrogens is 380 g/mol. The van der Waals surface area contributed by atoms with Crippen LogP contribution in [0, 0.1) is 11.8 Å². The van der Waals surface area contributed by atoms with Gasteiger partial charge in [0.1, 0.15) is 5.75 Å². The third-order valence-electron chi connectivity index (χ3n) is 6.47. The van der Waals surface area contributed by atoms with Crippen molar-refractivity contribution >= 4 is 9.84 Å². The summed E-state index contributed by atoms with van der Waals surface area (Å²) < 4.78 is 30.2. The molecule has 1 saturated carbocycles. The highest BCUT2D eigenvalue weighted by Crippen LogP contribution is 2.34. The van der Waals surface area contributed by atoms with Crippen LogP contribution in [0.1, 0.15) is 90.7 Å². The third kappa shape index (κ3) is 7.62. The summed E-state index contributed by atoms with van der Waals surface area (Å²) in [6.07, 6.45) is 10.1. The highest BCUT2D eigenvalue weighted by atomic mass is 32.2. The molecule has 3 nitrogen and oxygen atoms in total. The monoisotopic (exact) mass is 422 g/mol. The second-order valence-electron chi connectivity index (χ2n) is 9.82. The number of benzene rings is 1. The lowest BCUT2D eigenvalue weighted by molar-refractivity contribution is 0.257. The summed E-state index contributed by atoms with van der Waals surface area (Å²) in [5, 5.41) is 0. The zero-order valence-electron chi connectivity index (χ0n) is 19.3. The molecule has 0 N–H and O–H groups in total. The van der Waals surface area contributed by atoms with Gasteiger partial charge in [0.15, 0.2) is 9.84 Å². The highest BCUT2D eigenvalue weighted by molar-refractivity contribution is 7.92. The molecule has 0 atom stereocenters. The van der Waals surface area contributed by atoms with Gasteiger partial charge in [0.2, 0.25) is 0 Å². The van der Waals surface area contributed by atoms with Crippen LogP contribution in [-0.4, -0.2) is 25.5 Å². The minimum Gasteiger partial charge on any atom is -0.494 e. The molecule has 0 aromatic heterocycles. The van der Waals surface area contributed by atoms with Gasteiger partial charge in [-0.15, -0.1) is 0 Å². The summed E-state index contributed by atoms with van der Waals surface area (Å²) in [5.41, 5.74) is 2.70. The van der Waals surface area contributed by atoms with Gasteiger partial charge in [0.05, 0.1) is 17.1 Å². The molecule has 1 fully saturated rings. The van der Waals surface area contributed by atoms with Crippen LogP contribution in [0.4, 0.5) is 0 Å². The fourth-order valence-electron chi connectivity index (χ4n) is 4.19. The van der Waals surface area contributed by atoms with Crippen molar-refractivity contribution in [1.82, 2.24) is 0 Å². The first-order valence-corrected chi connectivity index (χ1v) is 13.3. The van der Waals surface area contributed by atoms with Crippen molar-refractivity contribution in [1.29, 1.82) is 0 Å². The largest absolute Gasteiger partial charge is 0.494 e. The van der Waals surface area contributed by atoms with E-state index in [-0.39, 0.29) is 0 Å². The van der Waals surface area contributed by atoms with Crippen LogP contribution in [-0.2, 0) is 22.7 Å². The van der Waals surface area contributed by atoms with Crippen LogP contribution >= 0.6 is 0 Å². The Morgan fingerprint density at radius 2 is 1.45 bits per heavy atom. The SMILES string of the molecule is CCc1cc(CC)cc(OCCCCC2CCC(CS(=O)(=O)C(C)(C)C)CC2)c1. The molecule has 1 aromatic rings. The average molecular weight is 423 g/mol. The number of unbranched alkanes of at least 4 members (excludes halogenated alkanes) is 1. The number of hydrogen-bond donors (Lipinski definition) is 0. The molecule has 166 valence electrons. The Balaban J connectivity index is 1.65. The van der Waals surface area contributed by atoms with E-state index in [9.17, 15) is 8.42 Å². The molecular formula is C25H42O3S. The van der Waals surface area contributed by atoms with Crippen molar-refractivity contribution in [3.8, 4) is 5.75 Å². The van der Waals surface area contributed by atoms with Gasteiger partial charge in [0, 0.05) is 0 Å². The van der Waals surface area contributed by atoms with E-state index in [0.717, 1.165) is 50.4 Å². The second kappa shape index (κ2) is 10.8. The van der Waals surface area contributed by atoms with Gasteiger partial charge in [-0.1, -0.05) is 39.2 Å². The standard InChI is InChI=1S/C25H42O3S/c1-6-20-16-21(7-2)18-24(17-20)28-15-9-8-10-22-11-13-23(14-12-22)19-29(26,27)25(3,4)5/h16-18,22-23H,6-15,19H2,1-5H3. The molecule has 0 radical (unpaired) electrons. The van der Waals surface area contributed by atoms with Gasteiger partial charge in [-0.05, 0) is 94.4 Å². The summed E-state index contributed by atoms with van der Waals surface area (Å²) in [6.45, 7) is 10.6. The van der Waals surface area contributed by atoms with Gasteiger partial charge >= 0.3 is 0 Å². The predicted molar refractivity (Wildman–Crippen MR) is 124 cm³/mol. The number of rotatable bonds is 10. The van der Waals surface area contributed by atoms with Crippen molar-refractivity contribution < 1.29 is 13.2 Å². The van der Waals surface area contributed by atoms with E-state index in [1.54, 1.807) is 0 Å². The van der Waals surface area contributed by atoms with Crippen molar-refractivity contribution in [2.75, 3.05) is 12.4 Å². The van der Waals surface area contributed by atoms with Crippen molar-refractivity contribution in [2.24, 2.45) is 11.8 Å². The van der Waals surface area contributed by atoms with E-state index >= 15 is 0 Å². The van der Waals surface area contributed by atoms with Crippen LogP contribution in [0.2, 0.25) is 0 Å². The first-order valence-electron chi connectivity index (χ1n) is 11.6. The molecule has 1 aliphatic carbocycles. The first kappa shape index (κ1) is 24.2. The van der Waals surface area contributed by atoms with Gasteiger partial charge in [-0.25, -0.2) is 8.42 Å². The molecule has 0 aliphatic heterocycles. The van der Waals surface area contributed by atoms with Gasteiger partial charge in [0.25, 0.3) is 0 Å². The number of aryl methyl sites for hydroxylation is 2. The highest BCUT2D eigenvalue weighted by Gasteiger charge is 2.33. The van der Waals surface area contributed by atoms with E-state index in [2.05, 4.69) is 32.0 Å². The molecule has 2 rings (SSSR count). The lowest BCUT2D eigenvalue weighted by atomic mass is 9.80. The zero-order chi connectivity index (χ0) is 21.5. The van der Waals surface area contributed by atoms with Crippen molar-refractivity contribution in [3.63, 3.8) is 0 Å². The maximum Gasteiger partial charge on any atom is 0.155 e. The van der Waals surface area contributed by atoms with E-state index < -0.39 is 14.6 Å². The second-order valence-corrected chi connectivity index (χ2v) is 12.6. The Kier molecular flexibility index (Phi) is 9.06. The van der Waals surface area contributed by atoms with E-state index in [1.807, 2.05) is 20.8 Å². The lowest BCUT2D eigenvalue weighted by Gasteiger charge is -2.30. The van der Waals surface area contributed by atoms with Crippen LogP contribution in [0.5, 0.6) is 5.75 Å². The smallest absolute Gasteiger partial charge is 0.155 e. The quantitative estimate of drug-likeness (QED) is 0.411. The van der Waals surface area contributed by atoms with E-state index in [4.69, 9.17) is 4.74 Å². The minimum absolute atomic E-state index is 0.359. The fraction of sp³-hybridized carbons (Fsp3) is 0.760. The number of ether oxygens (including phenoxy) is 1. The Bertz CT molecular complexity index is 701. The molecule has 1 aromatic carbocycles. The predicted octanol–water partition coefficient (Wildman–Crippen LogP) is 6.38. The zero-order valence-corrected chi connectivity index (χ0v) is 20.1. The van der Waals surface area contributed by atoms with E-state index in [1.165, 1.54) is 36.8 Å². The average Bonchev–Trinajstić information content (AvgIpc) is 2.67. The number of sulfone groups is 1. The third-order valence-corrected chi connectivity index (χ3v) is 9.25. The fourth-order valence-corrected chi connectivity index (χ4v) is 5.65. The number of hydrogen-bond acceptors (Lipinski definition) is 3. The molecule has 0 spiro atoms. The Hall–Kier alpha value is -1.03. The Morgan fingerprint density at radius 3 is 1.97 bits per heavy atom. The van der Waals surface area contributed by atoms with Crippen LogP contribution in [0.3, 0.4) is 0 Å². The minimum atomic E-state index is -2.99.